The number of rotatable bonds is 8. The van der Waals surface area contributed by atoms with E-state index >= 15 is 0 Å². The highest BCUT2D eigenvalue weighted by molar-refractivity contribution is 6.29. The number of anilines is 6. The van der Waals surface area contributed by atoms with Crippen molar-refractivity contribution < 1.29 is 17.7 Å². The number of fused-ring (bicyclic) bond motifs is 4. The molecular weight excluding hydrogens is 909 g/mol. The zero-order valence-electron chi connectivity index (χ0n) is 42.2. The lowest BCUT2D eigenvalue weighted by Crippen LogP contribution is -2.12. The molecule has 0 bridgehead atoms. The summed E-state index contributed by atoms with van der Waals surface area (Å²) < 4.78 is 27.6. The Bertz CT molecular complexity index is 4100. The molecule has 0 spiro atoms. The number of benzene rings is 10. The number of para-hydroxylation sites is 2. The van der Waals surface area contributed by atoms with E-state index in [1.54, 1.807) is 0 Å². The van der Waals surface area contributed by atoms with Crippen molar-refractivity contribution in [2.24, 2.45) is 0 Å². The second-order valence-corrected chi connectivity index (χ2v) is 21.8. The third-order valence-electron chi connectivity index (χ3n) is 14.9. The Labute approximate surface area is 428 Å². The summed E-state index contributed by atoms with van der Waals surface area (Å²) in [5, 5.41) is 11.5. The largest absolute Gasteiger partial charge is 0.452 e. The zero-order valence-corrected chi connectivity index (χ0v) is 42.2. The van der Waals surface area contributed by atoms with E-state index in [1.165, 1.54) is 21.9 Å². The molecule has 0 saturated carbocycles. The van der Waals surface area contributed by atoms with Crippen LogP contribution in [0.5, 0.6) is 0 Å². The van der Waals surface area contributed by atoms with Crippen LogP contribution >= 0.6 is 0 Å². The molecule has 0 fully saturated rings. The van der Waals surface area contributed by atoms with Crippen LogP contribution in [-0.4, -0.2) is 0 Å². The van der Waals surface area contributed by atoms with Crippen molar-refractivity contribution in [3.63, 3.8) is 0 Å². The number of hydrogen-bond donors (Lipinski definition) is 0. The molecule has 10 aromatic carbocycles. The first-order chi connectivity index (χ1) is 35.9. The van der Waals surface area contributed by atoms with Crippen LogP contribution in [0.3, 0.4) is 0 Å². The van der Waals surface area contributed by atoms with Crippen LogP contribution < -0.4 is 9.80 Å². The highest BCUT2D eigenvalue weighted by Crippen LogP contribution is 2.50. The van der Waals surface area contributed by atoms with Gasteiger partial charge in [0.25, 0.3) is 0 Å². The minimum atomic E-state index is -0.148. The minimum Gasteiger partial charge on any atom is -0.452 e. The lowest BCUT2D eigenvalue weighted by molar-refractivity contribution is 0.591. The van der Waals surface area contributed by atoms with Crippen molar-refractivity contribution in [1.82, 2.24) is 0 Å². The maximum atomic E-state index is 6.97. The van der Waals surface area contributed by atoms with Gasteiger partial charge in [-0.25, -0.2) is 0 Å². The molecule has 0 aliphatic rings. The SMILES string of the molecule is CC(C)(C)c1cc2cc(-c3cc4oc(N(c5ccccc5)c5cccc6ccccc56)cc4o3)c3cc(C(C)(C)C)cc4cc(-c5cc6oc(N(c7ccccc7)c7cccc8ccccc78)cc6o5)c(c1)c2c43. The molecule has 0 aliphatic heterocycles. The first kappa shape index (κ1) is 43.8. The van der Waals surface area contributed by atoms with Crippen LogP contribution in [0.4, 0.5) is 34.5 Å². The van der Waals surface area contributed by atoms with Gasteiger partial charge in [0.2, 0.25) is 11.8 Å². The van der Waals surface area contributed by atoms with E-state index in [1.807, 2.05) is 24.3 Å². The van der Waals surface area contributed by atoms with Crippen molar-refractivity contribution in [3.8, 4) is 22.6 Å². The fourth-order valence-electron chi connectivity index (χ4n) is 11.1. The van der Waals surface area contributed by atoms with Crippen molar-refractivity contribution in [2.75, 3.05) is 9.80 Å². The molecule has 0 N–H and O–H groups in total. The summed E-state index contributed by atoms with van der Waals surface area (Å²) in [6, 6.07) is 72.8. The predicted octanol–water partition coefficient (Wildman–Crippen LogP) is 20.4. The third kappa shape index (κ3) is 7.08. The van der Waals surface area contributed by atoms with Crippen LogP contribution in [0, 0.1) is 0 Å². The summed E-state index contributed by atoms with van der Waals surface area (Å²) in [5.74, 6) is 2.88. The summed E-state index contributed by atoms with van der Waals surface area (Å²) in [6.45, 7) is 13.7. The third-order valence-corrected chi connectivity index (χ3v) is 14.9. The minimum absolute atomic E-state index is 0.148. The van der Waals surface area contributed by atoms with Crippen LogP contribution in [0.2, 0.25) is 0 Å². The number of hydrogen-bond acceptors (Lipinski definition) is 6. The molecule has 0 radical (unpaired) electrons. The number of nitrogens with zero attached hydrogens (tertiary/aromatic N) is 2. The van der Waals surface area contributed by atoms with Gasteiger partial charge in [-0.3, -0.25) is 9.80 Å². The smallest absolute Gasteiger partial charge is 0.209 e. The van der Waals surface area contributed by atoms with E-state index < -0.39 is 0 Å². The van der Waals surface area contributed by atoms with Gasteiger partial charge in [0.1, 0.15) is 11.5 Å². The summed E-state index contributed by atoms with van der Waals surface area (Å²) >= 11 is 0. The Morgan fingerprint density at radius 2 is 0.689 bits per heavy atom. The van der Waals surface area contributed by atoms with Gasteiger partial charge >= 0.3 is 0 Å². The first-order valence-electron chi connectivity index (χ1n) is 25.5. The molecule has 4 aromatic heterocycles. The van der Waals surface area contributed by atoms with Gasteiger partial charge in [0, 0.05) is 57.5 Å². The maximum absolute atomic E-state index is 6.97. The van der Waals surface area contributed by atoms with Gasteiger partial charge < -0.3 is 17.7 Å². The normalized spacial score (nSPS) is 12.5. The van der Waals surface area contributed by atoms with Crippen molar-refractivity contribution in [1.29, 1.82) is 0 Å². The molecule has 0 amide bonds. The highest BCUT2D eigenvalue weighted by atomic mass is 16.4. The van der Waals surface area contributed by atoms with Gasteiger partial charge in [-0.15, -0.1) is 0 Å². The van der Waals surface area contributed by atoms with E-state index in [-0.39, 0.29) is 10.8 Å². The molecule has 358 valence electrons. The molecule has 4 heterocycles. The molecule has 0 saturated heterocycles. The van der Waals surface area contributed by atoms with Gasteiger partial charge in [0.05, 0.1) is 11.4 Å². The second kappa shape index (κ2) is 16.3. The highest BCUT2D eigenvalue weighted by Gasteiger charge is 2.28. The van der Waals surface area contributed by atoms with Gasteiger partial charge in [0.15, 0.2) is 22.3 Å². The monoisotopic (exact) mass is 960 g/mol. The van der Waals surface area contributed by atoms with E-state index in [9.17, 15) is 0 Å². The standard InChI is InChI=1S/C68H52N2O4/c1-67(2,3)45-31-43-33-52(58-38-60-62(72-58)40-64(74-60)70(48-25-11-8-12-26-48)56-30-18-22-42-20-14-16-28-50(42)56)54-36-46(68(4,5)6)32-44-34-51(53(35-45)65(43)66(44)54)57-37-59-61(71-57)39-63(73-59)69(47-23-9-7-10-24-47)55-29-17-21-41-19-13-15-27-49(41)55/h7-40H,1-6H3. The Kier molecular flexibility index (Phi) is 9.61. The predicted molar refractivity (Wildman–Crippen MR) is 307 cm³/mol. The van der Waals surface area contributed by atoms with Crippen molar-refractivity contribution in [3.05, 3.63) is 217 Å². The van der Waals surface area contributed by atoms with E-state index in [4.69, 9.17) is 17.7 Å². The lowest BCUT2D eigenvalue weighted by atomic mass is 9.79. The Morgan fingerprint density at radius 3 is 1.09 bits per heavy atom. The number of furan rings is 4. The summed E-state index contributed by atoms with van der Waals surface area (Å²) in [7, 11) is 0. The molecule has 0 unspecified atom stereocenters. The average Bonchev–Trinajstić information content (AvgIpc) is 4.23. The zero-order chi connectivity index (χ0) is 50.0. The fraction of sp³-hybridized carbons (Fsp3) is 0.118. The Morgan fingerprint density at radius 1 is 0.311 bits per heavy atom. The van der Waals surface area contributed by atoms with Crippen LogP contribution in [0.1, 0.15) is 52.7 Å². The van der Waals surface area contributed by atoms with Crippen LogP contribution in [-0.2, 0) is 10.8 Å². The molecule has 74 heavy (non-hydrogen) atoms. The van der Waals surface area contributed by atoms with Crippen molar-refractivity contribution >= 4 is 111 Å². The Balaban J connectivity index is 0.935. The van der Waals surface area contributed by atoms with Crippen LogP contribution in [0.15, 0.2) is 224 Å². The topological polar surface area (TPSA) is 59.0 Å². The molecule has 6 nitrogen and oxygen atoms in total. The lowest BCUT2D eigenvalue weighted by Gasteiger charge is -2.25. The van der Waals surface area contributed by atoms with Gasteiger partial charge in [-0.2, -0.15) is 0 Å². The fourth-order valence-corrected chi connectivity index (χ4v) is 11.1. The molecule has 0 aliphatic carbocycles. The summed E-state index contributed by atoms with van der Waals surface area (Å²) in [5.41, 5.74) is 11.0. The average molecular weight is 961 g/mol. The van der Waals surface area contributed by atoms with Crippen LogP contribution in [0.25, 0.3) is 98.8 Å². The second-order valence-electron chi connectivity index (χ2n) is 21.8. The quantitative estimate of drug-likeness (QED) is 0.141. The van der Waals surface area contributed by atoms with Gasteiger partial charge in [-0.1, -0.05) is 163 Å². The molecule has 0 atom stereocenters. The first-order valence-corrected chi connectivity index (χ1v) is 25.5. The van der Waals surface area contributed by atoms with Crippen molar-refractivity contribution in [2.45, 2.75) is 52.4 Å². The van der Waals surface area contributed by atoms with E-state index in [0.717, 1.165) is 88.5 Å². The molecule has 6 heteroatoms. The molecular formula is C68H52N2O4. The van der Waals surface area contributed by atoms with Gasteiger partial charge in [-0.05, 0) is 126 Å². The molecule has 14 rings (SSSR count). The maximum Gasteiger partial charge on any atom is 0.209 e. The molecule has 14 aromatic rings. The van der Waals surface area contributed by atoms with E-state index in [0.29, 0.717) is 34.1 Å². The Hall–Kier alpha value is -9.00. The van der Waals surface area contributed by atoms with E-state index in [2.05, 4.69) is 233 Å². The summed E-state index contributed by atoms with van der Waals surface area (Å²) in [6.07, 6.45) is 0. The summed E-state index contributed by atoms with van der Waals surface area (Å²) in [4.78, 5) is 4.36.